The van der Waals surface area contributed by atoms with Crippen molar-refractivity contribution in [1.29, 1.82) is 0 Å². The van der Waals surface area contributed by atoms with Gasteiger partial charge in [0, 0.05) is 81.2 Å². The van der Waals surface area contributed by atoms with Crippen LogP contribution in [0.1, 0.15) is 114 Å². The summed E-state index contributed by atoms with van der Waals surface area (Å²) in [7, 11) is 0. The van der Waals surface area contributed by atoms with Gasteiger partial charge in [0.1, 0.15) is 16.9 Å². The fourth-order valence-electron chi connectivity index (χ4n) is 7.96. The summed E-state index contributed by atoms with van der Waals surface area (Å²) in [5, 5.41) is 22.0. The summed E-state index contributed by atoms with van der Waals surface area (Å²) in [4.78, 5) is 47.8. The van der Waals surface area contributed by atoms with Gasteiger partial charge in [-0.15, -0.1) is 0 Å². The molecule has 17 heteroatoms. The second kappa shape index (κ2) is 26.6. The van der Waals surface area contributed by atoms with Crippen LogP contribution in [0.15, 0.2) is 77.5 Å². The number of aliphatic imine (C=N–C) groups is 1. The van der Waals surface area contributed by atoms with E-state index < -0.39 is 17.1 Å². The van der Waals surface area contributed by atoms with Crippen LogP contribution in [0.5, 0.6) is 0 Å². The average molecular weight is 919 g/mol. The number of amidine groups is 2. The van der Waals surface area contributed by atoms with Gasteiger partial charge in [0.05, 0.1) is 51.0 Å². The lowest BCUT2D eigenvalue weighted by Gasteiger charge is -2.41. The number of rotatable bonds is 26. The zero-order chi connectivity index (χ0) is 47.2. The van der Waals surface area contributed by atoms with E-state index in [0.717, 1.165) is 50.0 Å². The first kappa shape index (κ1) is 51.5. The Balaban J connectivity index is 1.04. The number of amides is 2. The number of pyridine rings is 1. The summed E-state index contributed by atoms with van der Waals surface area (Å²) in [6.45, 7) is 10.8. The van der Waals surface area contributed by atoms with E-state index in [0.29, 0.717) is 115 Å². The van der Waals surface area contributed by atoms with Crippen LogP contribution in [0.25, 0.3) is 0 Å². The van der Waals surface area contributed by atoms with Crippen LogP contribution < -0.4 is 21.8 Å². The molecule has 0 bridgehead atoms. The molecular weight excluding hydrogens is 847 g/mol. The number of benzene rings is 1. The number of likely N-dealkylation sites (tertiary alicyclic amines) is 1. The molecule has 2 atom stereocenters. The summed E-state index contributed by atoms with van der Waals surface area (Å²) in [5.41, 5.74) is 7.13. The number of aromatic nitrogens is 1. The summed E-state index contributed by atoms with van der Waals surface area (Å²) >= 11 is 0. The molecule has 3 aliphatic rings. The van der Waals surface area contributed by atoms with Crippen LogP contribution in [0.4, 0.5) is 10.5 Å². The third-order valence-electron chi connectivity index (χ3n) is 11.6. The normalized spacial score (nSPS) is 18.2. The number of hydrogen-bond acceptors (Lipinski definition) is 11. The summed E-state index contributed by atoms with van der Waals surface area (Å²) in [6.07, 6.45) is 15.6. The molecule has 17 nitrogen and oxygen atoms in total. The van der Waals surface area contributed by atoms with Crippen molar-refractivity contribution in [3.8, 4) is 0 Å². The predicted molar refractivity (Wildman–Crippen MR) is 251 cm³/mol. The van der Waals surface area contributed by atoms with Crippen molar-refractivity contribution < 1.29 is 53.3 Å². The second-order valence-corrected chi connectivity index (χ2v) is 17.9. The highest BCUT2D eigenvalue weighted by Crippen LogP contribution is 2.35. The zero-order valence-electron chi connectivity index (χ0n) is 39.1. The van der Waals surface area contributed by atoms with Gasteiger partial charge in [0.25, 0.3) is 5.91 Å². The van der Waals surface area contributed by atoms with Crippen LogP contribution in [0.2, 0.25) is 0 Å². The molecule has 2 saturated heterocycles. The van der Waals surface area contributed by atoms with Crippen LogP contribution >= 0.6 is 0 Å². The number of nitrogens with two attached hydrogens (primary N) is 2. The molecule has 5 rings (SSSR count). The van der Waals surface area contributed by atoms with Crippen molar-refractivity contribution in [1.82, 2.24) is 15.2 Å². The van der Waals surface area contributed by atoms with E-state index in [1.54, 1.807) is 35.5 Å². The van der Waals surface area contributed by atoms with Crippen molar-refractivity contribution in [2.45, 2.75) is 115 Å². The van der Waals surface area contributed by atoms with Crippen LogP contribution in [-0.4, -0.2) is 128 Å². The molecular formula is C49H72N7O10+. The molecule has 2 amide bonds. The molecule has 2 fully saturated rings. The first-order valence-corrected chi connectivity index (χ1v) is 23.5. The minimum absolute atomic E-state index is 0.0453. The van der Waals surface area contributed by atoms with E-state index in [4.69, 9.17) is 44.7 Å². The van der Waals surface area contributed by atoms with E-state index in [9.17, 15) is 14.4 Å². The maximum absolute atomic E-state index is 13.9. The molecule has 2 aromatic rings. The Kier molecular flexibility index (Phi) is 20.7. The number of carboxylic acid groups (broad SMARTS) is 1. The number of nitrogens with one attached hydrogen (secondary N) is 2. The predicted octanol–water partition coefficient (Wildman–Crippen LogP) is 5.40. The quantitative estimate of drug-likeness (QED) is 0.0453. The maximum atomic E-state index is 13.9. The number of anilines is 1. The number of nitrogens with zero attached hydrogens (tertiary/aromatic N) is 3. The Morgan fingerprint density at radius 2 is 1.55 bits per heavy atom. The first-order valence-electron chi connectivity index (χ1n) is 23.5. The fraction of sp³-hybridized carbons (Fsp3) is 0.592. The van der Waals surface area contributed by atoms with Crippen LogP contribution in [-0.2, 0) is 33.2 Å². The van der Waals surface area contributed by atoms with Gasteiger partial charge >= 0.3 is 17.9 Å². The monoisotopic (exact) mass is 919 g/mol. The molecule has 1 aliphatic carbocycles. The van der Waals surface area contributed by atoms with Gasteiger partial charge in [0.2, 0.25) is 5.84 Å². The molecule has 0 radical (unpaired) electrons. The van der Waals surface area contributed by atoms with Crippen molar-refractivity contribution >= 4 is 35.3 Å². The number of carbonyl (C=O) groups excluding carboxylic acids is 2. The van der Waals surface area contributed by atoms with E-state index >= 15 is 0 Å². The van der Waals surface area contributed by atoms with E-state index in [-0.39, 0.29) is 42.1 Å². The highest BCUT2D eigenvalue weighted by molar-refractivity contribution is 6.06. The summed E-state index contributed by atoms with van der Waals surface area (Å²) in [6, 6.07) is 10.7. The molecule has 1 aromatic carbocycles. The number of aliphatic carboxylic acids is 1. The van der Waals surface area contributed by atoms with Gasteiger partial charge in [-0.05, 0) is 113 Å². The Bertz CT molecular complexity index is 1960. The van der Waals surface area contributed by atoms with Gasteiger partial charge in [-0.2, -0.15) is 0 Å². The lowest BCUT2D eigenvalue weighted by atomic mass is 9.85. The number of hydrogen-bond donors (Lipinski definition) is 5. The average Bonchev–Trinajstić information content (AvgIpc) is 3.29. The number of carboxylic acids is 1. The minimum atomic E-state index is -0.881. The first-order chi connectivity index (χ1) is 31.8. The van der Waals surface area contributed by atoms with Gasteiger partial charge in [-0.3, -0.25) is 20.0 Å². The second-order valence-electron chi connectivity index (χ2n) is 17.9. The SMILES string of the molecule is CC(C)(C)OC(=O)N1CCC(Nc2cccc(C(=O)N[C@@H]3CCOC4=CC=C(OCCCCCCOCCOCCOCCCCCC(=O)O)CC43)c2)(C(N)=NC(=[NH2+])c2ccncc2)CC1. The lowest BCUT2D eigenvalue weighted by Crippen LogP contribution is -2.59. The van der Waals surface area contributed by atoms with Crippen molar-refractivity contribution in [2.75, 3.05) is 71.3 Å². The number of allylic oxidation sites excluding steroid dienone is 3. The topological polar surface area (TPSA) is 231 Å². The molecule has 2 aliphatic heterocycles. The summed E-state index contributed by atoms with van der Waals surface area (Å²) in [5.74, 6) is 1.25. The number of unbranched alkanes of at least 4 members (excludes halogenated alkanes) is 5. The molecule has 3 heterocycles. The third kappa shape index (κ3) is 17.4. The van der Waals surface area contributed by atoms with E-state index in [2.05, 4.69) is 20.6 Å². The standard InChI is InChI=1S/C49H71N7O10/c1-48(2,3)66-47(60)56-24-20-49(21-25-56,46(51)54-44(50)36-17-22-52-23-18-36)55-38-13-11-12-37(34-38)45(59)53-41-19-29-65-42-16-15-39(35-40(41)42)64-28-10-5-4-8-26-61-30-32-63-33-31-62-27-9-6-7-14-43(57)58/h11-13,15-18,22-23,34,40-41,55H,4-10,14,19-21,24-33,35H2,1-3H3,(H,53,59)(H,57,58)(H3,50,51,54)/p+1/t40?,41-/m1/s1. The highest BCUT2D eigenvalue weighted by Gasteiger charge is 2.43. The van der Waals surface area contributed by atoms with Gasteiger partial charge < -0.3 is 54.8 Å². The molecule has 7 N–H and O–H groups in total. The van der Waals surface area contributed by atoms with Gasteiger partial charge in [-0.1, -0.05) is 18.9 Å². The Hall–Kier alpha value is -5.52. The van der Waals surface area contributed by atoms with E-state index in [1.807, 2.05) is 51.1 Å². The molecule has 0 saturated carbocycles. The smallest absolute Gasteiger partial charge is 0.410 e. The fourth-order valence-corrected chi connectivity index (χ4v) is 7.96. The zero-order valence-corrected chi connectivity index (χ0v) is 39.1. The van der Waals surface area contributed by atoms with Crippen LogP contribution in [0, 0.1) is 5.92 Å². The van der Waals surface area contributed by atoms with Crippen molar-refractivity contribution in [3.05, 3.63) is 83.6 Å². The largest absolute Gasteiger partial charge is 0.498 e. The van der Waals surface area contributed by atoms with Crippen molar-refractivity contribution in [3.63, 3.8) is 0 Å². The molecule has 362 valence electrons. The molecule has 1 unspecified atom stereocenters. The minimum Gasteiger partial charge on any atom is -0.498 e. The number of ether oxygens (including phenoxy) is 6. The third-order valence-corrected chi connectivity index (χ3v) is 11.6. The van der Waals surface area contributed by atoms with E-state index in [1.165, 1.54) is 0 Å². The number of carbonyl (C=O) groups is 3. The summed E-state index contributed by atoms with van der Waals surface area (Å²) < 4.78 is 34.7. The molecule has 0 spiro atoms. The lowest BCUT2D eigenvalue weighted by molar-refractivity contribution is -0.137. The number of fused-ring (bicyclic) bond motifs is 1. The maximum Gasteiger partial charge on any atom is 0.410 e. The number of piperidine rings is 1. The Labute approximate surface area is 389 Å². The highest BCUT2D eigenvalue weighted by atomic mass is 16.6. The molecule has 1 aromatic heterocycles. The van der Waals surface area contributed by atoms with Gasteiger partial charge in [-0.25, -0.2) is 4.79 Å². The van der Waals surface area contributed by atoms with Gasteiger partial charge in [0.15, 0.2) is 0 Å². The Morgan fingerprint density at radius 1 is 0.894 bits per heavy atom. The van der Waals surface area contributed by atoms with Crippen LogP contribution in [0.3, 0.4) is 0 Å². The molecule has 66 heavy (non-hydrogen) atoms. The van der Waals surface area contributed by atoms with Crippen molar-refractivity contribution in [2.24, 2.45) is 16.6 Å². The Morgan fingerprint density at radius 3 is 2.21 bits per heavy atom.